The number of aryl methyl sites for hydroxylation is 1. The number of nitrogen functional groups attached to an aromatic ring is 1. The SMILES string of the molecule is Cc1ncncc1Nc1ccccc1N. The second kappa shape index (κ2) is 3.96. The van der Waals surface area contributed by atoms with Gasteiger partial charge in [0, 0.05) is 0 Å². The zero-order valence-electron chi connectivity index (χ0n) is 8.44. The van der Waals surface area contributed by atoms with Crippen LogP contribution in [-0.4, -0.2) is 9.97 Å². The molecule has 0 amide bonds. The quantitative estimate of drug-likeness (QED) is 0.729. The number of anilines is 3. The van der Waals surface area contributed by atoms with Crippen molar-refractivity contribution in [1.82, 2.24) is 9.97 Å². The van der Waals surface area contributed by atoms with Crippen LogP contribution in [0.15, 0.2) is 36.8 Å². The molecule has 0 saturated heterocycles. The summed E-state index contributed by atoms with van der Waals surface area (Å²) in [5.41, 5.74) is 9.16. The minimum absolute atomic E-state index is 0.709. The number of benzene rings is 1. The summed E-state index contributed by atoms with van der Waals surface area (Å²) in [4.78, 5) is 8.05. The first kappa shape index (κ1) is 9.45. The van der Waals surface area contributed by atoms with E-state index >= 15 is 0 Å². The summed E-state index contributed by atoms with van der Waals surface area (Å²) in [6.07, 6.45) is 3.25. The number of nitrogens with one attached hydrogen (secondary N) is 1. The van der Waals surface area contributed by atoms with Crippen LogP contribution in [-0.2, 0) is 0 Å². The van der Waals surface area contributed by atoms with Crippen LogP contribution in [0.5, 0.6) is 0 Å². The lowest BCUT2D eigenvalue weighted by Gasteiger charge is -2.09. The molecule has 1 aromatic heterocycles. The van der Waals surface area contributed by atoms with E-state index in [2.05, 4.69) is 15.3 Å². The van der Waals surface area contributed by atoms with Crippen LogP contribution in [0.1, 0.15) is 5.69 Å². The normalized spacial score (nSPS) is 9.93. The molecule has 0 aliphatic carbocycles. The lowest BCUT2D eigenvalue weighted by molar-refractivity contribution is 1.10. The minimum atomic E-state index is 0.709. The van der Waals surface area contributed by atoms with Crippen molar-refractivity contribution in [2.75, 3.05) is 11.1 Å². The van der Waals surface area contributed by atoms with Crippen molar-refractivity contribution < 1.29 is 0 Å². The fourth-order valence-electron chi connectivity index (χ4n) is 1.27. The molecule has 0 aliphatic rings. The maximum Gasteiger partial charge on any atom is 0.115 e. The molecule has 1 heterocycles. The molecule has 4 nitrogen and oxygen atoms in total. The Balaban J connectivity index is 2.30. The van der Waals surface area contributed by atoms with Crippen molar-refractivity contribution >= 4 is 17.1 Å². The second-order valence-corrected chi connectivity index (χ2v) is 3.23. The van der Waals surface area contributed by atoms with Gasteiger partial charge in [-0.2, -0.15) is 0 Å². The summed E-state index contributed by atoms with van der Waals surface area (Å²) in [5, 5.41) is 3.19. The first-order valence-electron chi connectivity index (χ1n) is 4.65. The van der Waals surface area contributed by atoms with Gasteiger partial charge < -0.3 is 11.1 Å². The van der Waals surface area contributed by atoms with Gasteiger partial charge in [-0.05, 0) is 19.1 Å². The summed E-state index contributed by atoms with van der Waals surface area (Å²) in [7, 11) is 0. The fraction of sp³-hybridized carbons (Fsp3) is 0.0909. The lowest BCUT2D eigenvalue weighted by atomic mass is 10.2. The van der Waals surface area contributed by atoms with Crippen LogP contribution in [0.2, 0.25) is 0 Å². The van der Waals surface area contributed by atoms with Crippen molar-refractivity contribution in [2.45, 2.75) is 6.92 Å². The first-order chi connectivity index (χ1) is 7.27. The Labute approximate surface area is 88.2 Å². The maximum absolute atomic E-state index is 5.82. The molecule has 0 saturated carbocycles. The Morgan fingerprint density at radius 2 is 2.00 bits per heavy atom. The van der Waals surface area contributed by atoms with Crippen molar-refractivity contribution in [3.63, 3.8) is 0 Å². The molecule has 0 radical (unpaired) electrons. The monoisotopic (exact) mass is 200 g/mol. The van der Waals surface area contributed by atoms with Crippen molar-refractivity contribution in [3.8, 4) is 0 Å². The van der Waals surface area contributed by atoms with Crippen LogP contribution in [0, 0.1) is 6.92 Å². The predicted octanol–water partition coefficient (Wildman–Crippen LogP) is 2.11. The topological polar surface area (TPSA) is 63.8 Å². The molecular formula is C11H12N4. The highest BCUT2D eigenvalue weighted by Gasteiger charge is 2.01. The maximum atomic E-state index is 5.82. The zero-order valence-corrected chi connectivity index (χ0v) is 8.44. The molecular weight excluding hydrogens is 188 g/mol. The number of hydrogen-bond donors (Lipinski definition) is 2. The van der Waals surface area contributed by atoms with Crippen molar-refractivity contribution in [2.24, 2.45) is 0 Å². The van der Waals surface area contributed by atoms with Gasteiger partial charge in [-0.3, -0.25) is 0 Å². The molecule has 15 heavy (non-hydrogen) atoms. The van der Waals surface area contributed by atoms with E-state index in [-0.39, 0.29) is 0 Å². The predicted molar refractivity (Wildman–Crippen MR) is 60.9 cm³/mol. The number of hydrogen-bond acceptors (Lipinski definition) is 4. The molecule has 2 rings (SSSR count). The fourth-order valence-corrected chi connectivity index (χ4v) is 1.27. The number of para-hydroxylation sites is 2. The molecule has 2 aromatic rings. The smallest absolute Gasteiger partial charge is 0.115 e. The summed E-state index contributed by atoms with van der Waals surface area (Å²) < 4.78 is 0. The highest BCUT2D eigenvalue weighted by molar-refractivity contribution is 5.72. The van der Waals surface area contributed by atoms with E-state index < -0.39 is 0 Å². The molecule has 0 bridgehead atoms. The Kier molecular flexibility index (Phi) is 2.49. The van der Waals surface area contributed by atoms with Gasteiger partial charge >= 0.3 is 0 Å². The van der Waals surface area contributed by atoms with Gasteiger partial charge in [0.25, 0.3) is 0 Å². The number of nitrogens with zero attached hydrogens (tertiary/aromatic N) is 2. The van der Waals surface area contributed by atoms with Crippen LogP contribution >= 0.6 is 0 Å². The standard InChI is InChI=1S/C11H12N4/c1-8-11(6-13-7-14-8)15-10-5-3-2-4-9(10)12/h2-7,15H,12H2,1H3. The van der Waals surface area contributed by atoms with E-state index in [1.807, 2.05) is 31.2 Å². The molecule has 4 heteroatoms. The van der Waals surface area contributed by atoms with Gasteiger partial charge in [-0.1, -0.05) is 12.1 Å². The third kappa shape index (κ3) is 2.04. The van der Waals surface area contributed by atoms with Gasteiger partial charge in [0.2, 0.25) is 0 Å². The van der Waals surface area contributed by atoms with Gasteiger partial charge in [-0.25, -0.2) is 9.97 Å². The Morgan fingerprint density at radius 3 is 2.73 bits per heavy atom. The van der Waals surface area contributed by atoms with Crippen LogP contribution in [0.4, 0.5) is 17.1 Å². The second-order valence-electron chi connectivity index (χ2n) is 3.23. The van der Waals surface area contributed by atoms with Crippen LogP contribution < -0.4 is 11.1 Å². The van der Waals surface area contributed by atoms with E-state index in [0.717, 1.165) is 17.1 Å². The number of aromatic nitrogens is 2. The molecule has 0 aliphatic heterocycles. The molecule has 1 aromatic carbocycles. The lowest BCUT2D eigenvalue weighted by Crippen LogP contribution is -1.99. The van der Waals surface area contributed by atoms with Gasteiger partial charge in [0.15, 0.2) is 0 Å². The number of rotatable bonds is 2. The average Bonchev–Trinajstić information content (AvgIpc) is 2.24. The summed E-state index contributed by atoms with van der Waals surface area (Å²) in [6.45, 7) is 1.92. The zero-order chi connectivity index (χ0) is 10.7. The summed E-state index contributed by atoms with van der Waals surface area (Å²) in [5.74, 6) is 0. The van der Waals surface area contributed by atoms with Gasteiger partial charge in [0.05, 0.1) is 29.0 Å². The molecule has 0 unspecified atom stereocenters. The van der Waals surface area contributed by atoms with Gasteiger partial charge in [0.1, 0.15) is 6.33 Å². The Hall–Kier alpha value is -2.10. The molecule has 3 N–H and O–H groups in total. The third-order valence-corrected chi connectivity index (χ3v) is 2.14. The van der Waals surface area contributed by atoms with E-state index in [1.54, 1.807) is 6.20 Å². The largest absolute Gasteiger partial charge is 0.397 e. The van der Waals surface area contributed by atoms with E-state index in [0.29, 0.717) is 5.69 Å². The van der Waals surface area contributed by atoms with Crippen LogP contribution in [0.25, 0.3) is 0 Å². The highest BCUT2D eigenvalue weighted by atomic mass is 15.0. The van der Waals surface area contributed by atoms with E-state index in [4.69, 9.17) is 5.73 Å². The van der Waals surface area contributed by atoms with E-state index in [1.165, 1.54) is 6.33 Å². The number of nitrogens with two attached hydrogens (primary N) is 1. The first-order valence-corrected chi connectivity index (χ1v) is 4.65. The van der Waals surface area contributed by atoms with Crippen LogP contribution in [0.3, 0.4) is 0 Å². The van der Waals surface area contributed by atoms with Gasteiger partial charge in [-0.15, -0.1) is 0 Å². The highest BCUT2D eigenvalue weighted by Crippen LogP contribution is 2.22. The Morgan fingerprint density at radius 1 is 1.20 bits per heavy atom. The average molecular weight is 200 g/mol. The van der Waals surface area contributed by atoms with Crippen molar-refractivity contribution in [3.05, 3.63) is 42.5 Å². The molecule has 0 fully saturated rings. The van der Waals surface area contributed by atoms with Crippen molar-refractivity contribution in [1.29, 1.82) is 0 Å². The Bertz CT molecular complexity index is 424. The molecule has 0 spiro atoms. The third-order valence-electron chi connectivity index (χ3n) is 2.14. The summed E-state index contributed by atoms with van der Waals surface area (Å²) in [6, 6.07) is 7.59. The molecule has 0 atom stereocenters. The summed E-state index contributed by atoms with van der Waals surface area (Å²) >= 11 is 0. The van der Waals surface area contributed by atoms with E-state index in [9.17, 15) is 0 Å². The minimum Gasteiger partial charge on any atom is -0.397 e. The molecule has 76 valence electrons.